The summed E-state index contributed by atoms with van der Waals surface area (Å²) in [7, 11) is 0. The summed E-state index contributed by atoms with van der Waals surface area (Å²) in [6, 6.07) is 0. The van der Waals surface area contributed by atoms with E-state index in [2.05, 4.69) is 19.9 Å². The molecule has 0 spiro atoms. The minimum absolute atomic E-state index is 0.269. The predicted octanol–water partition coefficient (Wildman–Crippen LogP) is 2.36. The molecule has 11 heavy (non-hydrogen) atoms. The minimum Gasteiger partial charge on any atom is -0.392 e. The van der Waals surface area contributed by atoms with E-state index in [9.17, 15) is 0 Å². The summed E-state index contributed by atoms with van der Waals surface area (Å²) >= 11 is 0. The standard InChI is InChI=1S/C10H18O/c1-8(2)10-5-3-9(7-11)4-6-10/h3,8,10-11H,4-7H2,1-2H3/t10-/m0/s1. The molecule has 0 heterocycles. The normalized spacial score (nSPS) is 25.5. The molecule has 1 aliphatic rings. The number of aliphatic hydroxyl groups excluding tert-OH is 1. The van der Waals surface area contributed by atoms with Crippen LogP contribution in [0.3, 0.4) is 0 Å². The maximum atomic E-state index is 8.85. The van der Waals surface area contributed by atoms with E-state index < -0.39 is 0 Å². The molecule has 1 rings (SSSR count). The molecule has 0 saturated carbocycles. The van der Waals surface area contributed by atoms with Gasteiger partial charge >= 0.3 is 0 Å². The van der Waals surface area contributed by atoms with Crippen molar-refractivity contribution in [2.24, 2.45) is 11.8 Å². The third-order valence-corrected chi connectivity index (χ3v) is 2.69. The summed E-state index contributed by atoms with van der Waals surface area (Å²) < 4.78 is 0. The monoisotopic (exact) mass is 154 g/mol. The van der Waals surface area contributed by atoms with Crippen LogP contribution >= 0.6 is 0 Å². The molecular weight excluding hydrogens is 136 g/mol. The van der Waals surface area contributed by atoms with Gasteiger partial charge in [-0.1, -0.05) is 19.9 Å². The molecule has 0 aliphatic heterocycles. The van der Waals surface area contributed by atoms with Gasteiger partial charge in [0.15, 0.2) is 0 Å². The Morgan fingerprint density at radius 1 is 1.64 bits per heavy atom. The van der Waals surface area contributed by atoms with Gasteiger partial charge in [-0.15, -0.1) is 0 Å². The number of hydrogen-bond acceptors (Lipinski definition) is 1. The van der Waals surface area contributed by atoms with E-state index in [0.29, 0.717) is 0 Å². The highest BCUT2D eigenvalue weighted by molar-refractivity contribution is 5.06. The Bertz CT molecular complexity index is 147. The zero-order valence-corrected chi connectivity index (χ0v) is 7.51. The van der Waals surface area contributed by atoms with Crippen LogP contribution in [0.4, 0.5) is 0 Å². The van der Waals surface area contributed by atoms with Crippen molar-refractivity contribution < 1.29 is 5.11 Å². The van der Waals surface area contributed by atoms with E-state index in [4.69, 9.17) is 5.11 Å². The molecule has 0 radical (unpaired) electrons. The Kier molecular flexibility index (Phi) is 3.13. The van der Waals surface area contributed by atoms with Crippen LogP contribution in [-0.2, 0) is 0 Å². The lowest BCUT2D eigenvalue weighted by molar-refractivity contribution is 0.299. The van der Waals surface area contributed by atoms with E-state index in [1.165, 1.54) is 18.4 Å². The van der Waals surface area contributed by atoms with Crippen LogP contribution in [-0.4, -0.2) is 11.7 Å². The molecule has 0 aromatic heterocycles. The van der Waals surface area contributed by atoms with Crippen molar-refractivity contribution in [2.75, 3.05) is 6.61 Å². The van der Waals surface area contributed by atoms with E-state index >= 15 is 0 Å². The molecule has 0 bridgehead atoms. The predicted molar refractivity (Wildman–Crippen MR) is 47.3 cm³/mol. The van der Waals surface area contributed by atoms with Crippen LogP contribution in [0.5, 0.6) is 0 Å². The van der Waals surface area contributed by atoms with Crippen LogP contribution in [0, 0.1) is 11.8 Å². The molecule has 1 nitrogen and oxygen atoms in total. The Morgan fingerprint density at radius 2 is 2.36 bits per heavy atom. The number of hydrogen-bond donors (Lipinski definition) is 1. The molecule has 64 valence electrons. The van der Waals surface area contributed by atoms with Crippen LogP contribution in [0.2, 0.25) is 0 Å². The van der Waals surface area contributed by atoms with Crippen molar-refractivity contribution in [3.8, 4) is 0 Å². The van der Waals surface area contributed by atoms with Gasteiger partial charge in [0.2, 0.25) is 0 Å². The largest absolute Gasteiger partial charge is 0.392 e. The minimum atomic E-state index is 0.269. The lowest BCUT2D eigenvalue weighted by atomic mass is 9.82. The second-order valence-corrected chi connectivity index (χ2v) is 3.80. The summed E-state index contributed by atoms with van der Waals surface area (Å²) in [5, 5.41) is 8.85. The zero-order valence-electron chi connectivity index (χ0n) is 7.51. The highest BCUT2D eigenvalue weighted by Gasteiger charge is 2.16. The fraction of sp³-hybridized carbons (Fsp3) is 0.800. The summed E-state index contributed by atoms with van der Waals surface area (Å²) in [6.45, 7) is 4.83. The molecule has 1 atom stereocenters. The Labute approximate surface area is 69.1 Å². The molecule has 1 heteroatoms. The molecule has 0 aromatic rings. The second kappa shape index (κ2) is 3.91. The molecule has 1 N–H and O–H groups in total. The van der Waals surface area contributed by atoms with Crippen molar-refractivity contribution >= 4 is 0 Å². The van der Waals surface area contributed by atoms with Gasteiger partial charge in [-0.25, -0.2) is 0 Å². The van der Waals surface area contributed by atoms with E-state index in [1.807, 2.05) is 0 Å². The Morgan fingerprint density at radius 3 is 2.73 bits per heavy atom. The van der Waals surface area contributed by atoms with E-state index in [1.54, 1.807) is 0 Å². The number of rotatable bonds is 2. The van der Waals surface area contributed by atoms with Gasteiger partial charge < -0.3 is 5.11 Å². The van der Waals surface area contributed by atoms with Gasteiger partial charge in [0.05, 0.1) is 6.61 Å². The molecule has 0 amide bonds. The lowest BCUT2D eigenvalue weighted by Crippen LogP contribution is -2.12. The fourth-order valence-electron chi connectivity index (χ4n) is 1.66. The first kappa shape index (κ1) is 8.79. The first-order valence-electron chi connectivity index (χ1n) is 4.52. The van der Waals surface area contributed by atoms with Crippen molar-refractivity contribution in [1.82, 2.24) is 0 Å². The summed E-state index contributed by atoms with van der Waals surface area (Å²) in [4.78, 5) is 0. The van der Waals surface area contributed by atoms with E-state index in [-0.39, 0.29) is 6.61 Å². The van der Waals surface area contributed by atoms with Gasteiger partial charge in [0.25, 0.3) is 0 Å². The third-order valence-electron chi connectivity index (χ3n) is 2.69. The Hall–Kier alpha value is -0.300. The van der Waals surface area contributed by atoms with Crippen molar-refractivity contribution in [3.05, 3.63) is 11.6 Å². The molecule has 0 aromatic carbocycles. The third kappa shape index (κ3) is 2.33. The molecule has 1 aliphatic carbocycles. The van der Waals surface area contributed by atoms with Crippen molar-refractivity contribution in [2.45, 2.75) is 33.1 Å². The van der Waals surface area contributed by atoms with Crippen LogP contribution in [0.1, 0.15) is 33.1 Å². The summed E-state index contributed by atoms with van der Waals surface area (Å²) in [5.74, 6) is 1.65. The van der Waals surface area contributed by atoms with Crippen molar-refractivity contribution in [1.29, 1.82) is 0 Å². The van der Waals surface area contributed by atoms with Crippen LogP contribution in [0.25, 0.3) is 0 Å². The van der Waals surface area contributed by atoms with Crippen molar-refractivity contribution in [3.63, 3.8) is 0 Å². The molecule has 0 unspecified atom stereocenters. The van der Waals surface area contributed by atoms with E-state index in [0.717, 1.165) is 18.3 Å². The topological polar surface area (TPSA) is 20.2 Å². The maximum absolute atomic E-state index is 8.85. The van der Waals surface area contributed by atoms with Gasteiger partial charge in [0, 0.05) is 0 Å². The number of allylic oxidation sites excluding steroid dienone is 1. The van der Waals surface area contributed by atoms with Crippen LogP contribution in [0.15, 0.2) is 11.6 Å². The summed E-state index contributed by atoms with van der Waals surface area (Å²) in [6.07, 6.45) is 5.77. The first-order chi connectivity index (χ1) is 5.24. The average Bonchev–Trinajstić information content (AvgIpc) is 2.05. The maximum Gasteiger partial charge on any atom is 0.0641 e. The van der Waals surface area contributed by atoms with Gasteiger partial charge in [-0.05, 0) is 36.7 Å². The second-order valence-electron chi connectivity index (χ2n) is 3.80. The highest BCUT2D eigenvalue weighted by atomic mass is 16.3. The fourth-order valence-corrected chi connectivity index (χ4v) is 1.66. The summed E-state index contributed by atoms with van der Waals surface area (Å²) in [5.41, 5.74) is 1.24. The SMILES string of the molecule is CC(C)[C@H]1CC=C(CO)CC1. The molecule has 0 fully saturated rings. The van der Waals surface area contributed by atoms with Gasteiger partial charge in [-0.3, -0.25) is 0 Å². The van der Waals surface area contributed by atoms with Crippen LogP contribution < -0.4 is 0 Å². The van der Waals surface area contributed by atoms with Gasteiger partial charge in [-0.2, -0.15) is 0 Å². The van der Waals surface area contributed by atoms with Gasteiger partial charge in [0.1, 0.15) is 0 Å². The zero-order chi connectivity index (χ0) is 8.27. The molecule has 0 saturated heterocycles. The smallest absolute Gasteiger partial charge is 0.0641 e. The quantitative estimate of drug-likeness (QED) is 0.605. The number of aliphatic hydroxyl groups is 1. The molecular formula is C10H18O. The first-order valence-corrected chi connectivity index (χ1v) is 4.52. The highest BCUT2D eigenvalue weighted by Crippen LogP contribution is 2.28. The lowest BCUT2D eigenvalue weighted by Gasteiger charge is -2.24. The average molecular weight is 154 g/mol. The Balaban J connectivity index is 2.41.